The molecule has 0 bridgehead atoms. The molecule has 0 saturated heterocycles. The van der Waals surface area contributed by atoms with Gasteiger partial charge in [-0.25, -0.2) is 0 Å². The molecular formula is C31H35N3O6. The Morgan fingerprint density at radius 2 is 1.73 bits per heavy atom. The summed E-state index contributed by atoms with van der Waals surface area (Å²) in [5.74, 6) is 0.931. The first-order valence-electron chi connectivity index (χ1n) is 13.1. The van der Waals surface area contributed by atoms with Crippen molar-refractivity contribution in [2.75, 3.05) is 27.9 Å². The van der Waals surface area contributed by atoms with E-state index in [2.05, 4.69) is 10.3 Å². The number of aryl methyl sites for hydroxylation is 1. The molecule has 0 aliphatic rings. The van der Waals surface area contributed by atoms with Gasteiger partial charge in [0, 0.05) is 36.8 Å². The number of ether oxygens (including phenoxy) is 3. The largest absolute Gasteiger partial charge is 0.493 e. The topological polar surface area (TPSA) is 112 Å². The van der Waals surface area contributed by atoms with E-state index < -0.39 is 5.91 Å². The van der Waals surface area contributed by atoms with E-state index in [1.54, 1.807) is 24.4 Å². The lowest BCUT2D eigenvalue weighted by Gasteiger charge is -2.21. The summed E-state index contributed by atoms with van der Waals surface area (Å²) in [7, 11) is 4.59. The molecule has 9 nitrogen and oxygen atoms in total. The first-order valence-corrected chi connectivity index (χ1v) is 13.1. The lowest BCUT2D eigenvalue weighted by atomic mass is 9.97. The highest BCUT2D eigenvalue weighted by molar-refractivity contribution is 6.07. The van der Waals surface area contributed by atoms with E-state index in [4.69, 9.17) is 14.2 Å². The molecule has 1 atom stereocenters. The van der Waals surface area contributed by atoms with Gasteiger partial charge in [-0.15, -0.1) is 0 Å². The summed E-state index contributed by atoms with van der Waals surface area (Å²) in [6, 6.07) is 14.9. The second-order valence-corrected chi connectivity index (χ2v) is 9.74. The van der Waals surface area contributed by atoms with Crippen molar-refractivity contribution in [3.8, 4) is 28.4 Å². The van der Waals surface area contributed by atoms with Crippen molar-refractivity contribution in [3.63, 3.8) is 0 Å². The molecule has 210 valence electrons. The van der Waals surface area contributed by atoms with E-state index in [1.807, 2.05) is 44.2 Å². The Morgan fingerprint density at radius 1 is 1.05 bits per heavy atom. The van der Waals surface area contributed by atoms with Crippen LogP contribution in [0.5, 0.6) is 17.2 Å². The number of carbonyl (C=O) groups excluding carboxylic acids is 1. The molecule has 1 amide bonds. The summed E-state index contributed by atoms with van der Waals surface area (Å²) in [5, 5.41) is 13.2. The number of hydrogen-bond donors (Lipinski definition) is 2. The Labute approximate surface area is 233 Å². The van der Waals surface area contributed by atoms with Crippen LogP contribution in [-0.2, 0) is 13.1 Å². The van der Waals surface area contributed by atoms with Crippen LogP contribution in [0.2, 0.25) is 0 Å². The second kappa shape index (κ2) is 12.7. The summed E-state index contributed by atoms with van der Waals surface area (Å²) in [6.45, 7) is 4.27. The maximum Gasteiger partial charge on any atom is 0.277 e. The quantitative estimate of drug-likeness (QED) is 0.288. The zero-order chi connectivity index (χ0) is 28.8. The number of pyridine rings is 2. The summed E-state index contributed by atoms with van der Waals surface area (Å²) in [5.41, 5.74) is 3.40. The highest BCUT2D eigenvalue weighted by Gasteiger charge is 2.24. The molecule has 40 heavy (non-hydrogen) atoms. The van der Waals surface area contributed by atoms with Crippen LogP contribution in [0.4, 0.5) is 0 Å². The third-order valence-corrected chi connectivity index (χ3v) is 6.92. The average Bonchev–Trinajstić information content (AvgIpc) is 2.98. The molecule has 0 unspecified atom stereocenters. The van der Waals surface area contributed by atoms with Crippen molar-refractivity contribution in [1.82, 2.24) is 14.9 Å². The number of methoxy groups -OCH3 is 3. The van der Waals surface area contributed by atoms with Crippen LogP contribution in [0.3, 0.4) is 0 Å². The minimum atomic E-state index is -0.413. The summed E-state index contributed by atoms with van der Waals surface area (Å²) in [6.07, 6.45) is 2.09. The summed E-state index contributed by atoms with van der Waals surface area (Å²) in [4.78, 5) is 32.1. The molecule has 0 aliphatic carbocycles. The predicted octanol–water partition coefficient (Wildman–Crippen LogP) is 4.35. The van der Waals surface area contributed by atoms with Crippen molar-refractivity contribution < 1.29 is 24.1 Å². The number of nitrogens with one attached hydrogen (secondary N) is 1. The van der Waals surface area contributed by atoms with Gasteiger partial charge in [0.15, 0.2) is 11.5 Å². The van der Waals surface area contributed by atoms with E-state index in [0.29, 0.717) is 34.6 Å². The van der Waals surface area contributed by atoms with Crippen LogP contribution in [0.25, 0.3) is 22.0 Å². The van der Waals surface area contributed by atoms with E-state index >= 15 is 0 Å². The molecule has 0 radical (unpaired) electrons. The van der Waals surface area contributed by atoms with Crippen molar-refractivity contribution in [1.29, 1.82) is 0 Å². The first-order chi connectivity index (χ1) is 19.3. The van der Waals surface area contributed by atoms with Crippen LogP contribution >= 0.6 is 0 Å². The molecule has 4 aromatic rings. The Bertz CT molecular complexity index is 1540. The van der Waals surface area contributed by atoms with Gasteiger partial charge in [0.2, 0.25) is 5.75 Å². The number of carbonyl (C=O) groups is 1. The van der Waals surface area contributed by atoms with Crippen LogP contribution < -0.4 is 25.1 Å². The fraction of sp³-hybridized carbons (Fsp3) is 0.323. The van der Waals surface area contributed by atoms with E-state index in [9.17, 15) is 14.7 Å². The first kappa shape index (κ1) is 28.6. The predicted molar refractivity (Wildman–Crippen MR) is 154 cm³/mol. The fourth-order valence-corrected chi connectivity index (χ4v) is 4.68. The Hall–Kier alpha value is -4.37. The number of amides is 1. The van der Waals surface area contributed by atoms with Gasteiger partial charge in [0.25, 0.3) is 11.5 Å². The van der Waals surface area contributed by atoms with Crippen LogP contribution in [-0.4, -0.2) is 48.5 Å². The molecule has 0 fully saturated rings. The number of benzene rings is 2. The maximum absolute atomic E-state index is 14.0. The molecule has 4 rings (SSSR count). The number of aliphatic hydroxyl groups is 1. The standard InChI is InChI=1S/C31H35N3O6/c1-19-8-10-22(11-9-19)26-23-7-6-13-32-27(23)31(37)34(14-12-20(2)18-35)28(26)30(36)33-17-21-15-24(38-3)29(40-5)25(16-21)39-4/h6-11,13,15-16,20,35H,12,14,17-18H2,1-5H3,(H,33,36)/t20-/m1/s1. The van der Waals surface area contributed by atoms with E-state index in [0.717, 1.165) is 16.7 Å². The van der Waals surface area contributed by atoms with E-state index in [-0.39, 0.29) is 42.4 Å². The van der Waals surface area contributed by atoms with Gasteiger partial charge in [0.05, 0.1) is 21.3 Å². The monoisotopic (exact) mass is 545 g/mol. The minimum absolute atomic E-state index is 0.0198. The molecule has 2 N–H and O–H groups in total. The second-order valence-electron chi connectivity index (χ2n) is 9.74. The molecule has 9 heteroatoms. The molecular weight excluding hydrogens is 510 g/mol. The lowest BCUT2D eigenvalue weighted by molar-refractivity contribution is 0.0940. The zero-order valence-corrected chi connectivity index (χ0v) is 23.5. The smallest absolute Gasteiger partial charge is 0.277 e. The van der Waals surface area contributed by atoms with Crippen LogP contribution in [0.15, 0.2) is 59.5 Å². The van der Waals surface area contributed by atoms with Gasteiger partial charge in [-0.2, -0.15) is 0 Å². The number of aromatic nitrogens is 2. The van der Waals surface area contributed by atoms with Crippen molar-refractivity contribution >= 4 is 16.8 Å². The maximum atomic E-state index is 14.0. The number of hydrogen-bond acceptors (Lipinski definition) is 7. The highest BCUT2D eigenvalue weighted by atomic mass is 16.5. The van der Waals surface area contributed by atoms with Gasteiger partial charge < -0.3 is 29.2 Å². The zero-order valence-electron chi connectivity index (χ0n) is 23.5. The summed E-state index contributed by atoms with van der Waals surface area (Å²) >= 11 is 0. The van der Waals surface area contributed by atoms with Crippen molar-refractivity contribution in [3.05, 3.63) is 81.9 Å². The van der Waals surface area contributed by atoms with Gasteiger partial charge in [-0.05, 0) is 48.6 Å². The summed E-state index contributed by atoms with van der Waals surface area (Å²) < 4.78 is 17.8. The van der Waals surface area contributed by atoms with Gasteiger partial charge in [-0.1, -0.05) is 42.8 Å². The fourth-order valence-electron chi connectivity index (χ4n) is 4.68. The van der Waals surface area contributed by atoms with Crippen molar-refractivity contribution in [2.24, 2.45) is 5.92 Å². The van der Waals surface area contributed by atoms with Gasteiger partial charge in [0.1, 0.15) is 11.2 Å². The average molecular weight is 546 g/mol. The van der Waals surface area contributed by atoms with Gasteiger partial charge >= 0.3 is 0 Å². The Kier molecular flexibility index (Phi) is 9.06. The molecule has 2 aromatic heterocycles. The molecule has 0 saturated carbocycles. The number of fused-ring (bicyclic) bond motifs is 1. The third-order valence-electron chi connectivity index (χ3n) is 6.92. The Balaban J connectivity index is 1.86. The molecule has 0 spiro atoms. The van der Waals surface area contributed by atoms with Crippen LogP contribution in [0, 0.1) is 12.8 Å². The minimum Gasteiger partial charge on any atom is -0.493 e. The van der Waals surface area contributed by atoms with Crippen molar-refractivity contribution in [2.45, 2.75) is 33.4 Å². The SMILES string of the molecule is COc1cc(CNC(=O)c2c(-c3ccc(C)cc3)c3cccnc3c(=O)n2CC[C@@H](C)CO)cc(OC)c1OC. The van der Waals surface area contributed by atoms with Gasteiger partial charge in [-0.3, -0.25) is 14.6 Å². The normalized spacial score (nSPS) is 11.8. The number of rotatable bonds is 11. The number of nitrogens with zero attached hydrogens (tertiary/aromatic N) is 2. The third kappa shape index (κ3) is 5.79. The number of aliphatic hydroxyl groups excluding tert-OH is 1. The molecule has 2 heterocycles. The lowest BCUT2D eigenvalue weighted by Crippen LogP contribution is -2.34. The molecule has 0 aliphatic heterocycles. The molecule has 2 aromatic carbocycles. The highest BCUT2D eigenvalue weighted by Crippen LogP contribution is 2.38. The van der Waals surface area contributed by atoms with Crippen LogP contribution in [0.1, 0.15) is 35.0 Å². The Morgan fingerprint density at radius 3 is 2.33 bits per heavy atom. The van der Waals surface area contributed by atoms with E-state index in [1.165, 1.54) is 25.9 Å².